The van der Waals surface area contributed by atoms with Gasteiger partial charge in [-0.05, 0) is 24.7 Å². The maximum atomic E-state index is 12.4. The van der Waals surface area contributed by atoms with Gasteiger partial charge in [0.25, 0.3) is 6.43 Å². The normalized spacial score (nSPS) is 12.2. The first kappa shape index (κ1) is 16.8. The van der Waals surface area contributed by atoms with Crippen LogP contribution < -0.4 is 10.1 Å². The molecule has 0 aliphatic carbocycles. The summed E-state index contributed by atoms with van der Waals surface area (Å²) in [4.78, 5) is -0.115. The topological polar surface area (TPSA) is 58.6 Å². The van der Waals surface area contributed by atoms with Crippen LogP contribution in [-0.2, 0) is 16.6 Å². The SMILES string of the molecule is CNCc1ccc(OC)c(S(=O)(=O)N(C)CC(F)F)c1. The minimum absolute atomic E-state index is 0.115. The number of hydrogen-bond acceptors (Lipinski definition) is 4. The van der Waals surface area contributed by atoms with Gasteiger partial charge in [0.15, 0.2) is 0 Å². The summed E-state index contributed by atoms with van der Waals surface area (Å²) < 4.78 is 55.0. The van der Waals surface area contributed by atoms with Crippen molar-refractivity contribution < 1.29 is 21.9 Å². The molecule has 0 bridgehead atoms. The molecule has 0 radical (unpaired) electrons. The molecule has 0 saturated carbocycles. The van der Waals surface area contributed by atoms with E-state index in [0.717, 1.165) is 12.6 Å². The van der Waals surface area contributed by atoms with Crippen molar-refractivity contribution in [3.05, 3.63) is 23.8 Å². The first-order chi connectivity index (χ1) is 9.32. The van der Waals surface area contributed by atoms with E-state index in [2.05, 4.69) is 5.32 Å². The Morgan fingerprint density at radius 2 is 2.05 bits per heavy atom. The van der Waals surface area contributed by atoms with Crippen LogP contribution in [0.2, 0.25) is 0 Å². The van der Waals surface area contributed by atoms with Crippen molar-refractivity contribution in [2.75, 3.05) is 27.7 Å². The fraction of sp³-hybridized carbons (Fsp3) is 0.500. The monoisotopic (exact) mass is 308 g/mol. The lowest BCUT2D eigenvalue weighted by molar-refractivity contribution is 0.126. The van der Waals surface area contributed by atoms with Gasteiger partial charge in [0.05, 0.1) is 13.7 Å². The van der Waals surface area contributed by atoms with E-state index < -0.39 is 23.0 Å². The molecule has 0 amide bonds. The number of sulfonamides is 1. The highest BCUT2D eigenvalue weighted by Gasteiger charge is 2.27. The zero-order chi connectivity index (χ0) is 15.3. The van der Waals surface area contributed by atoms with Crippen molar-refractivity contribution in [3.63, 3.8) is 0 Å². The number of hydrogen-bond donors (Lipinski definition) is 1. The van der Waals surface area contributed by atoms with Crippen LogP contribution in [0.15, 0.2) is 23.1 Å². The molecule has 1 rings (SSSR count). The van der Waals surface area contributed by atoms with E-state index >= 15 is 0 Å². The number of benzene rings is 1. The highest BCUT2D eigenvalue weighted by atomic mass is 32.2. The third kappa shape index (κ3) is 3.87. The van der Waals surface area contributed by atoms with Crippen LogP contribution in [0, 0.1) is 0 Å². The van der Waals surface area contributed by atoms with Gasteiger partial charge in [-0.3, -0.25) is 0 Å². The highest BCUT2D eigenvalue weighted by Crippen LogP contribution is 2.27. The molecule has 1 aromatic carbocycles. The van der Waals surface area contributed by atoms with Gasteiger partial charge < -0.3 is 10.1 Å². The van der Waals surface area contributed by atoms with Gasteiger partial charge in [-0.15, -0.1) is 0 Å². The van der Waals surface area contributed by atoms with Crippen LogP contribution in [0.4, 0.5) is 8.78 Å². The van der Waals surface area contributed by atoms with Gasteiger partial charge in [0.2, 0.25) is 10.0 Å². The molecule has 0 unspecified atom stereocenters. The molecule has 0 atom stereocenters. The second-order valence-electron chi connectivity index (χ2n) is 4.19. The van der Waals surface area contributed by atoms with E-state index in [1.807, 2.05) is 0 Å². The summed E-state index contributed by atoms with van der Waals surface area (Å²) in [7, 11) is 0.156. The molecule has 5 nitrogen and oxygen atoms in total. The third-order valence-electron chi connectivity index (χ3n) is 2.69. The molecular weight excluding hydrogens is 290 g/mol. The number of rotatable bonds is 7. The maximum absolute atomic E-state index is 12.4. The quantitative estimate of drug-likeness (QED) is 0.825. The van der Waals surface area contributed by atoms with Gasteiger partial charge >= 0.3 is 0 Å². The Hall–Kier alpha value is -1.25. The molecule has 0 saturated heterocycles. The summed E-state index contributed by atoms with van der Waals surface area (Å²) in [5.41, 5.74) is 0.720. The van der Waals surface area contributed by atoms with Gasteiger partial charge in [-0.2, -0.15) is 4.31 Å². The molecule has 1 N–H and O–H groups in total. The van der Waals surface area contributed by atoms with Crippen molar-refractivity contribution in [1.82, 2.24) is 9.62 Å². The van der Waals surface area contributed by atoms with Crippen molar-refractivity contribution in [1.29, 1.82) is 0 Å². The van der Waals surface area contributed by atoms with E-state index in [4.69, 9.17) is 4.74 Å². The van der Waals surface area contributed by atoms with Crippen LogP contribution in [0.1, 0.15) is 5.56 Å². The molecule has 0 heterocycles. The van der Waals surface area contributed by atoms with Crippen molar-refractivity contribution >= 4 is 10.0 Å². The predicted octanol–water partition coefficient (Wildman–Crippen LogP) is 1.30. The minimum Gasteiger partial charge on any atom is -0.495 e. The predicted molar refractivity (Wildman–Crippen MR) is 71.6 cm³/mol. The molecule has 114 valence electrons. The second-order valence-corrected chi connectivity index (χ2v) is 6.21. The number of halogens is 2. The van der Waals surface area contributed by atoms with E-state index in [1.165, 1.54) is 19.2 Å². The Kier molecular flexibility index (Phi) is 5.85. The number of alkyl halides is 2. The fourth-order valence-electron chi connectivity index (χ4n) is 1.70. The zero-order valence-corrected chi connectivity index (χ0v) is 12.4. The van der Waals surface area contributed by atoms with Crippen LogP contribution in [0.25, 0.3) is 0 Å². The molecular formula is C12H18F2N2O3S. The molecule has 20 heavy (non-hydrogen) atoms. The summed E-state index contributed by atoms with van der Waals surface area (Å²) in [6.07, 6.45) is -2.73. The molecule has 0 fully saturated rings. The smallest absolute Gasteiger partial charge is 0.252 e. The zero-order valence-electron chi connectivity index (χ0n) is 11.6. The van der Waals surface area contributed by atoms with Gasteiger partial charge in [-0.1, -0.05) is 6.07 Å². The molecule has 1 aromatic rings. The summed E-state index contributed by atoms with van der Waals surface area (Å²) >= 11 is 0. The van der Waals surface area contributed by atoms with Crippen molar-refractivity contribution in [2.45, 2.75) is 17.9 Å². The van der Waals surface area contributed by atoms with Crippen molar-refractivity contribution in [2.24, 2.45) is 0 Å². The van der Waals surface area contributed by atoms with Gasteiger partial charge in [0.1, 0.15) is 10.6 Å². The lowest BCUT2D eigenvalue weighted by Crippen LogP contribution is -2.31. The largest absolute Gasteiger partial charge is 0.495 e. The summed E-state index contributed by atoms with van der Waals surface area (Å²) in [5, 5.41) is 2.89. The minimum atomic E-state index is -4.02. The Balaban J connectivity index is 3.24. The van der Waals surface area contributed by atoms with E-state index in [1.54, 1.807) is 13.1 Å². The third-order valence-corrected chi connectivity index (χ3v) is 4.54. The summed E-state index contributed by atoms with van der Waals surface area (Å²) in [5.74, 6) is 0.131. The Bertz CT molecular complexity index is 550. The average Bonchev–Trinajstić information content (AvgIpc) is 2.38. The lowest BCUT2D eigenvalue weighted by Gasteiger charge is -2.19. The second kappa shape index (κ2) is 6.96. The van der Waals surface area contributed by atoms with Crippen LogP contribution in [-0.4, -0.2) is 46.9 Å². The first-order valence-corrected chi connectivity index (χ1v) is 7.33. The first-order valence-electron chi connectivity index (χ1n) is 5.89. The van der Waals surface area contributed by atoms with Gasteiger partial charge in [0, 0.05) is 13.6 Å². The van der Waals surface area contributed by atoms with Crippen molar-refractivity contribution in [3.8, 4) is 5.75 Å². The standard InChI is InChI=1S/C12H18F2N2O3S/c1-15-7-9-4-5-10(19-3)11(6-9)20(17,18)16(2)8-12(13)14/h4-6,12,15H,7-8H2,1-3H3. The highest BCUT2D eigenvalue weighted by molar-refractivity contribution is 7.89. The number of methoxy groups -OCH3 is 1. The maximum Gasteiger partial charge on any atom is 0.252 e. The molecule has 0 aromatic heterocycles. The van der Waals surface area contributed by atoms with E-state index in [0.29, 0.717) is 10.8 Å². The van der Waals surface area contributed by atoms with E-state index in [9.17, 15) is 17.2 Å². The average molecular weight is 308 g/mol. The molecule has 0 spiro atoms. The summed E-state index contributed by atoms with van der Waals surface area (Å²) in [6.45, 7) is -0.396. The Labute approximate surface area is 117 Å². The van der Waals surface area contributed by atoms with Gasteiger partial charge in [-0.25, -0.2) is 17.2 Å². The Morgan fingerprint density at radius 1 is 1.40 bits per heavy atom. The lowest BCUT2D eigenvalue weighted by atomic mass is 10.2. The molecule has 0 aliphatic heterocycles. The summed E-state index contributed by atoms with van der Waals surface area (Å²) in [6, 6.07) is 4.64. The number of nitrogens with one attached hydrogen (secondary N) is 1. The van der Waals surface area contributed by atoms with Crippen LogP contribution in [0.3, 0.4) is 0 Å². The fourth-order valence-corrected chi connectivity index (χ4v) is 3.05. The van der Waals surface area contributed by atoms with Crippen LogP contribution >= 0.6 is 0 Å². The molecule has 0 aliphatic rings. The van der Waals surface area contributed by atoms with E-state index in [-0.39, 0.29) is 10.6 Å². The Morgan fingerprint density at radius 3 is 2.55 bits per heavy atom. The van der Waals surface area contributed by atoms with Crippen LogP contribution in [0.5, 0.6) is 5.75 Å². The number of nitrogens with zero attached hydrogens (tertiary/aromatic N) is 1. The molecule has 8 heteroatoms. The number of ether oxygens (including phenoxy) is 1.